The molecule has 0 radical (unpaired) electrons. The zero-order chi connectivity index (χ0) is 14.6. The van der Waals surface area contributed by atoms with Gasteiger partial charge in [0.05, 0.1) is 11.6 Å². The number of hydrogen-bond acceptors (Lipinski definition) is 3. The van der Waals surface area contributed by atoms with E-state index in [0.29, 0.717) is 30.6 Å². The Kier molecular flexibility index (Phi) is 3.85. The van der Waals surface area contributed by atoms with Crippen LogP contribution in [0.1, 0.15) is 18.4 Å². The van der Waals surface area contributed by atoms with Crippen LogP contribution in [0.3, 0.4) is 0 Å². The molecule has 0 bridgehead atoms. The average Bonchev–Trinajstić information content (AvgIpc) is 3.26. The summed E-state index contributed by atoms with van der Waals surface area (Å²) in [6.07, 6.45) is 2.65. The van der Waals surface area contributed by atoms with Crippen LogP contribution >= 0.6 is 0 Å². The van der Waals surface area contributed by atoms with Crippen LogP contribution in [-0.4, -0.2) is 18.4 Å². The maximum atomic E-state index is 12.2. The van der Waals surface area contributed by atoms with Crippen LogP contribution < -0.4 is 10.6 Å². The van der Waals surface area contributed by atoms with Gasteiger partial charge in [0.2, 0.25) is 11.8 Å². The van der Waals surface area contributed by atoms with Gasteiger partial charge in [0.25, 0.3) is 0 Å². The normalized spacial score (nSPS) is 14.8. The zero-order valence-electron chi connectivity index (χ0n) is 11.0. The Morgan fingerprint density at radius 3 is 2.75 bits per heavy atom. The first-order chi connectivity index (χ1) is 9.62. The van der Waals surface area contributed by atoms with Crippen LogP contribution in [0.2, 0.25) is 0 Å². The van der Waals surface area contributed by atoms with E-state index in [0.717, 1.165) is 0 Å². The lowest BCUT2D eigenvalue weighted by atomic mass is 10.0. The molecule has 2 amide bonds. The summed E-state index contributed by atoms with van der Waals surface area (Å²) in [7, 11) is 0. The van der Waals surface area contributed by atoms with Crippen molar-refractivity contribution >= 4 is 17.5 Å². The Hall–Kier alpha value is -2.61. The highest BCUT2D eigenvalue weighted by Crippen LogP contribution is 2.46. The molecule has 0 unspecified atom stereocenters. The Morgan fingerprint density at radius 2 is 2.15 bits per heavy atom. The van der Waals surface area contributed by atoms with E-state index < -0.39 is 5.41 Å². The first-order valence-electron chi connectivity index (χ1n) is 6.33. The molecule has 0 saturated heterocycles. The minimum Gasteiger partial charge on any atom is -0.352 e. The Balaban J connectivity index is 2.06. The molecule has 0 atom stereocenters. The number of nitrogens with zero attached hydrogens (tertiary/aromatic N) is 1. The number of benzene rings is 1. The van der Waals surface area contributed by atoms with E-state index in [-0.39, 0.29) is 11.8 Å². The zero-order valence-corrected chi connectivity index (χ0v) is 11.0. The van der Waals surface area contributed by atoms with E-state index >= 15 is 0 Å². The van der Waals surface area contributed by atoms with Gasteiger partial charge in [-0.15, -0.1) is 6.58 Å². The molecule has 2 N–H and O–H groups in total. The second-order valence-electron chi connectivity index (χ2n) is 4.73. The number of rotatable bonds is 5. The maximum Gasteiger partial charge on any atom is 0.240 e. The van der Waals surface area contributed by atoms with E-state index in [1.54, 1.807) is 30.3 Å². The molecule has 1 aliphatic carbocycles. The van der Waals surface area contributed by atoms with Gasteiger partial charge in [0.15, 0.2) is 0 Å². The van der Waals surface area contributed by atoms with E-state index in [2.05, 4.69) is 17.2 Å². The molecule has 5 heteroatoms. The van der Waals surface area contributed by atoms with Crippen LogP contribution in [-0.2, 0) is 9.59 Å². The number of carbonyl (C=O) groups excluding carboxylic acids is 2. The van der Waals surface area contributed by atoms with Crippen LogP contribution in [0.25, 0.3) is 0 Å². The van der Waals surface area contributed by atoms with E-state index in [4.69, 9.17) is 5.26 Å². The third kappa shape index (κ3) is 2.69. The number of nitrogens with one attached hydrogen (secondary N) is 2. The smallest absolute Gasteiger partial charge is 0.240 e. The third-order valence-electron chi connectivity index (χ3n) is 3.28. The quantitative estimate of drug-likeness (QED) is 0.629. The Bertz CT molecular complexity index is 597. The van der Waals surface area contributed by atoms with Crippen molar-refractivity contribution < 1.29 is 9.59 Å². The first-order valence-corrected chi connectivity index (χ1v) is 6.33. The van der Waals surface area contributed by atoms with Gasteiger partial charge < -0.3 is 10.6 Å². The monoisotopic (exact) mass is 269 g/mol. The van der Waals surface area contributed by atoms with E-state index in [9.17, 15) is 9.59 Å². The summed E-state index contributed by atoms with van der Waals surface area (Å²) in [5.74, 6) is -0.597. The Morgan fingerprint density at radius 1 is 1.40 bits per heavy atom. The van der Waals surface area contributed by atoms with Crippen molar-refractivity contribution in [2.45, 2.75) is 12.8 Å². The van der Waals surface area contributed by atoms with Crippen molar-refractivity contribution in [2.75, 3.05) is 11.9 Å². The number of amides is 2. The molecule has 1 saturated carbocycles. The fourth-order valence-electron chi connectivity index (χ4n) is 1.93. The second kappa shape index (κ2) is 5.57. The molecule has 0 heterocycles. The summed E-state index contributed by atoms with van der Waals surface area (Å²) in [4.78, 5) is 24.2. The number of carbonyl (C=O) groups is 2. The standard InChI is InChI=1S/C15H15N3O2/c1-2-8-17-13(19)15(6-7-15)14(20)18-12-5-3-4-11(9-12)10-16/h2-5,9H,1,6-8H2,(H,17,19)(H,18,20). The highest BCUT2D eigenvalue weighted by atomic mass is 16.2. The van der Waals surface area contributed by atoms with Crippen LogP contribution in [0.5, 0.6) is 0 Å². The molecule has 1 aromatic carbocycles. The van der Waals surface area contributed by atoms with E-state index in [1.165, 1.54) is 0 Å². The first kappa shape index (κ1) is 13.8. The van der Waals surface area contributed by atoms with Crippen molar-refractivity contribution in [2.24, 2.45) is 5.41 Å². The molecule has 0 aliphatic heterocycles. The minimum atomic E-state index is -0.967. The topological polar surface area (TPSA) is 82.0 Å². The van der Waals surface area contributed by atoms with Crippen molar-refractivity contribution in [1.82, 2.24) is 5.32 Å². The van der Waals surface area contributed by atoms with Crippen molar-refractivity contribution in [3.63, 3.8) is 0 Å². The molecule has 1 fully saturated rings. The molecular formula is C15H15N3O2. The molecule has 0 spiro atoms. The van der Waals surface area contributed by atoms with E-state index in [1.807, 2.05) is 6.07 Å². The minimum absolute atomic E-state index is 0.272. The van der Waals surface area contributed by atoms with Crippen molar-refractivity contribution in [1.29, 1.82) is 5.26 Å². The van der Waals surface area contributed by atoms with Gasteiger partial charge in [0, 0.05) is 12.2 Å². The molecule has 5 nitrogen and oxygen atoms in total. The van der Waals surface area contributed by atoms with Gasteiger partial charge in [-0.2, -0.15) is 5.26 Å². The van der Waals surface area contributed by atoms with Gasteiger partial charge in [0.1, 0.15) is 5.41 Å². The summed E-state index contributed by atoms with van der Waals surface area (Å²) in [6.45, 7) is 3.87. The Labute approximate surface area is 117 Å². The lowest BCUT2D eigenvalue weighted by molar-refractivity contribution is -0.134. The predicted octanol–water partition coefficient (Wildman–Crippen LogP) is 1.58. The summed E-state index contributed by atoms with van der Waals surface area (Å²) in [5, 5.41) is 14.2. The second-order valence-corrected chi connectivity index (χ2v) is 4.73. The van der Waals surface area contributed by atoms with Gasteiger partial charge >= 0.3 is 0 Å². The largest absolute Gasteiger partial charge is 0.352 e. The molecule has 20 heavy (non-hydrogen) atoms. The summed E-state index contributed by atoms with van der Waals surface area (Å²) >= 11 is 0. The average molecular weight is 269 g/mol. The lowest BCUT2D eigenvalue weighted by Crippen LogP contribution is -2.40. The van der Waals surface area contributed by atoms with Crippen molar-refractivity contribution in [3.05, 3.63) is 42.5 Å². The highest BCUT2D eigenvalue weighted by Gasteiger charge is 2.56. The fourth-order valence-corrected chi connectivity index (χ4v) is 1.93. The summed E-state index contributed by atoms with van der Waals surface area (Å²) < 4.78 is 0. The van der Waals surface area contributed by atoms with Gasteiger partial charge in [-0.3, -0.25) is 9.59 Å². The lowest BCUT2D eigenvalue weighted by Gasteiger charge is -2.14. The predicted molar refractivity (Wildman–Crippen MR) is 74.7 cm³/mol. The molecule has 102 valence electrons. The molecule has 1 aromatic rings. The maximum absolute atomic E-state index is 12.2. The number of anilines is 1. The number of hydrogen-bond donors (Lipinski definition) is 2. The summed E-state index contributed by atoms with van der Waals surface area (Å²) in [6, 6.07) is 8.61. The molecule has 1 aliphatic rings. The highest BCUT2D eigenvalue weighted by molar-refractivity contribution is 6.13. The molecule has 0 aromatic heterocycles. The summed E-state index contributed by atoms with van der Waals surface area (Å²) in [5.41, 5.74) is 0.0201. The fraction of sp³-hybridized carbons (Fsp3) is 0.267. The molecule has 2 rings (SSSR count). The van der Waals surface area contributed by atoms with Gasteiger partial charge in [-0.1, -0.05) is 12.1 Å². The molecular weight excluding hydrogens is 254 g/mol. The SMILES string of the molecule is C=CCNC(=O)C1(C(=O)Nc2cccc(C#N)c2)CC1. The number of nitriles is 1. The van der Waals surface area contributed by atoms with Crippen LogP contribution in [0, 0.1) is 16.7 Å². The van der Waals surface area contributed by atoms with Crippen LogP contribution in [0.4, 0.5) is 5.69 Å². The van der Waals surface area contributed by atoms with Crippen molar-refractivity contribution in [3.8, 4) is 6.07 Å². The van der Waals surface area contributed by atoms with Gasteiger partial charge in [-0.05, 0) is 31.0 Å². The third-order valence-corrected chi connectivity index (χ3v) is 3.28. The van der Waals surface area contributed by atoms with Gasteiger partial charge in [-0.25, -0.2) is 0 Å². The van der Waals surface area contributed by atoms with Crippen LogP contribution in [0.15, 0.2) is 36.9 Å².